The van der Waals surface area contributed by atoms with Crippen LogP contribution in [0, 0.1) is 0 Å². The fraction of sp³-hybridized carbons (Fsp3) is 1.00. The van der Waals surface area contributed by atoms with Gasteiger partial charge in [-0.2, -0.15) is 13.7 Å². The van der Waals surface area contributed by atoms with Crippen LogP contribution in [0.1, 0.15) is 27.7 Å². The minimum Gasteiger partial charge on any atom is -0.331 e. The Kier molecular flexibility index (Phi) is 10.3. The van der Waals surface area contributed by atoms with Crippen LogP contribution < -0.4 is 0 Å². The lowest BCUT2D eigenvalue weighted by atomic mass is 10.9. The highest BCUT2D eigenvalue weighted by Gasteiger charge is 2.53. The Bertz CT molecular complexity index is 161. The Morgan fingerprint density at radius 3 is 1.47 bits per heavy atom. The summed E-state index contributed by atoms with van der Waals surface area (Å²) in [6.07, 6.45) is 0. The Balaban J connectivity index is 4.51. The Hall–Kier alpha value is 0.227. The molecule has 0 rings (SSSR count). The first-order valence-corrected chi connectivity index (χ1v) is 7.40. The highest BCUT2D eigenvalue weighted by Crippen LogP contribution is 2.17. The van der Waals surface area contributed by atoms with Gasteiger partial charge in [0, 0.05) is 0 Å². The van der Waals surface area contributed by atoms with Gasteiger partial charge < -0.3 is 4.43 Å². The summed E-state index contributed by atoms with van der Waals surface area (Å²) in [5.74, 6) is 0. The molecule has 0 saturated heterocycles. The molecule has 9 heteroatoms. The largest absolute Gasteiger partial charge is 0.765 e. The third-order valence-electron chi connectivity index (χ3n) is 1.14. The van der Waals surface area contributed by atoms with E-state index >= 15 is 0 Å². The second kappa shape index (κ2) is 10.2. The Labute approximate surface area is 107 Å². The van der Waals surface area contributed by atoms with Gasteiger partial charge in [-0.25, -0.2) is 14.7 Å². The van der Waals surface area contributed by atoms with Crippen molar-refractivity contribution in [2.45, 2.75) is 33.3 Å². The van der Waals surface area contributed by atoms with Crippen LogP contribution in [0.5, 0.6) is 0 Å². The van der Waals surface area contributed by atoms with Crippen molar-refractivity contribution >= 4 is 20.6 Å². The minimum absolute atomic E-state index is 0.278. The molecule has 0 aliphatic carbocycles. The fourth-order valence-electron chi connectivity index (χ4n) is 0.693. The number of halogens is 1. The highest BCUT2D eigenvalue weighted by molar-refractivity contribution is 6.53. The van der Waals surface area contributed by atoms with Crippen LogP contribution in [-0.4, -0.2) is 34.4 Å². The third-order valence-corrected chi connectivity index (χ3v) is 2.99. The summed E-state index contributed by atoms with van der Waals surface area (Å²) in [5, 5.41) is 0. The monoisotopic (exact) mass is 290 g/mol. The molecule has 0 aliphatic heterocycles. The van der Waals surface area contributed by atoms with Crippen LogP contribution in [0.3, 0.4) is 0 Å². The van der Waals surface area contributed by atoms with E-state index in [2.05, 4.69) is 0 Å². The maximum Gasteiger partial charge on any atom is 0.765 e. The summed E-state index contributed by atoms with van der Waals surface area (Å²) >= 11 is 5.70. The number of alkyl halides is 1. The number of hydrogen-bond acceptors (Lipinski definition) is 7. The van der Waals surface area contributed by atoms with Gasteiger partial charge in [0.15, 0.2) is 0 Å². The van der Waals surface area contributed by atoms with Crippen LogP contribution >= 0.6 is 11.6 Å². The first-order chi connectivity index (χ1) is 8.10. The molecular formula is C8H19ClO7Si. The molecule has 0 amide bonds. The molecule has 0 aliphatic rings. The van der Waals surface area contributed by atoms with Crippen molar-refractivity contribution in [2.75, 3.05) is 19.8 Å². The maximum absolute atomic E-state index is 5.70. The van der Waals surface area contributed by atoms with Crippen molar-refractivity contribution in [3.63, 3.8) is 0 Å². The van der Waals surface area contributed by atoms with Crippen LogP contribution in [0.2, 0.25) is 0 Å². The minimum atomic E-state index is -3.72. The lowest BCUT2D eigenvalue weighted by Gasteiger charge is -2.24. The summed E-state index contributed by atoms with van der Waals surface area (Å²) in [4.78, 5) is 14.3. The molecule has 0 aromatic rings. The lowest BCUT2D eigenvalue weighted by Crippen LogP contribution is -2.50. The van der Waals surface area contributed by atoms with Gasteiger partial charge in [0.05, 0.1) is 19.8 Å². The molecule has 0 heterocycles. The quantitative estimate of drug-likeness (QED) is 0.249. The number of rotatable bonds is 11. The molecule has 0 fully saturated rings. The van der Waals surface area contributed by atoms with E-state index in [9.17, 15) is 0 Å². The standard InChI is InChI=1S/C8H19ClO7Si/c1-5-10-14-17(13-8(4)9,15-11-6-2)16-12-7-3/h8H,5-7H2,1-4H3. The van der Waals surface area contributed by atoms with E-state index in [-0.39, 0.29) is 19.8 Å². The molecule has 7 nitrogen and oxygen atoms in total. The molecule has 1 atom stereocenters. The Morgan fingerprint density at radius 2 is 1.24 bits per heavy atom. The van der Waals surface area contributed by atoms with E-state index in [0.717, 1.165) is 0 Å². The zero-order valence-corrected chi connectivity index (χ0v) is 12.2. The van der Waals surface area contributed by atoms with Gasteiger partial charge in [-0.3, -0.25) is 0 Å². The lowest BCUT2D eigenvalue weighted by molar-refractivity contribution is -0.386. The van der Waals surface area contributed by atoms with Crippen LogP contribution in [0.15, 0.2) is 0 Å². The molecule has 104 valence electrons. The molecule has 0 aromatic heterocycles. The normalized spacial score (nSPS) is 13.9. The molecule has 0 aromatic carbocycles. The van der Waals surface area contributed by atoms with Crippen molar-refractivity contribution in [1.29, 1.82) is 0 Å². The van der Waals surface area contributed by atoms with E-state index in [0.29, 0.717) is 0 Å². The SMILES string of the molecule is CCOO[Si](OOCC)(OOCC)OC(C)Cl. The molecule has 0 bridgehead atoms. The number of hydrogen-bond donors (Lipinski definition) is 0. The highest BCUT2D eigenvalue weighted by atomic mass is 35.5. The van der Waals surface area contributed by atoms with Crippen LogP contribution in [-0.2, 0) is 32.8 Å². The van der Waals surface area contributed by atoms with E-state index < -0.39 is 14.6 Å². The first-order valence-electron chi connectivity index (χ1n) is 5.34. The smallest absolute Gasteiger partial charge is 0.331 e. The zero-order valence-electron chi connectivity index (χ0n) is 10.4. The Morgan fingerprint density at radius 1 is 0.882 bits per heavy atom. The summed E-state index contributed by atoms with van der Waals surface area (Å²) in [6.45, 7) is 7.59. The van der Waals surface area contributed by atoms with E-state index in [1.165, 1.54) is 0 Å². The molecule has 0 saturated carbocycles. The topological polar surface area (TPSA) is 64.6 Å². The van der Waals surface area contributed by atoms with Gasteiger partial charge >= 0.3 is 9.05 Å². The molecular weight excluding hydrogens is 272 g/mol. The summed E-state index contributed by atoms with van der Waals surface area (Å²) in [6, 6.07) is 0. The van der Waals surface area contributed by atoms with Crippen molar-refractivity contribution in [2.24, 2.45) is 0 Å². The van der Waals surface area contributed by atoms with Gasteiger partial charge in [-0.1, -0.05) is 11.6 Å². The summed E-state index contributed by atoms with van der Waals surface area (Å²) in [5.41, 5.74) is -0.719. The molecule has 0 spiro atoms. The van der Waals surface area contributed by atoms with Crippen molar-refractivity contribution in [3.05, 3.63) is 0 Å². The predicted molar refractivity (Wildman–Crippen MR) is 60.3 cm³/mol. The molecule has 1 unspecified atom stereocenters. The van der Waals surface area contributed by atoms with Crippen molar-refractivity contribution in [1.82, 2.24) is 0 Å². The second-order valence-electron chi connectivity index (χ2n) is 2.63. The second-order valence-corrected chi connectivity index (χ2v) is 4.98. The van der Waals surface area contributed by atoms with Crippen molar-refractivity contribution in [3.8, 4) is 0 Å². The summed E-state index contributed by atoms with van der Waals surface area (Å²) in [7, 11) is -3.72. The van der Waals surface area contributed by atoms with E-state index in [4.69, 9.17) is 44.4 Å². The average Bonchev–Trinajstić information content (AvgIpc) is 2.30. The molecule has 0 radical (unpaired) electrons. The van der Waals surface area contributed by atoms with Crippen LogP contribution in [0.25, 0.3) is 0 Å². The van der Waals surface area contributed by atoms with Gasteiger partial charge in [0.1, 0.15) is 5.56 Å². The van der Waals surface area contributed by atoms with Crippen LogP contribution in [0.4, 0.5) is 0 Å². The van der Waals surface area contributed by atoms with E-state index in [1.807, 2.05) is 0 Å². The van der Waals surface area contributed by atoms with Crippen molar-refractivity contribution < 1.29 is 32.8 Å². The maximum atomic E-state index is 5.70. The zero-order chi connectivity index (χ0) is 13.1. The predicted octanol–water partition coefficient (Wildman–Crippen LogP) is 1.93. The first kappa shape index (κ1) is 17.2. The van der Waals surface area contributed by atoms with E-state index in [1.54, 1.807) is 27.7 Å². The third kappa shape index (κ3) is 8.03. The summed E-state index contributed by atoms with van der Waals surface area (Å²) < 4.78 is 20.0. The van der Waals surface area contributed by atoms with Gasteiger partial charge in [0.2, 0.25) is 0 Å². The van der Waals surface area contributed by atoms with Gasteiger partial charge in [0.25, 0.3) is 0 Å². The molecule has 17 heavy (non-hydrogen) atoms. The van der Waals surface area contributed by atoms with Gasteiger partial charge in [-0.05, 0) is 27.7 Å². The average molecular weight is 291 g/mol. The van der Waals surface area contributed by atoms with Gasteiger partial charge in [-0.15, -0.1) is 0 Å². The fourth-order valence-corrected chi connectivity index (χ4v) is 2.41. The molecule has 0 N–H and O–H groups in total.